The zero-order valence-corrected chi connectivity index (χ0v) is 22.6. The van der Waals surface area contributed by atoms with Crippen LogP contribution in [0.4, 0.5) is 4.79 Å². The lowest BCUT2D eigenvalue weighted by Gasteiger charge is -2.25. The summed E-state index contributed by atoms with van der Waals surface area (Å²) in [5.74, 6) is 0. The van der Waals surface area contributed by atoms with Gasteiger partial charge in [-0.2, -0.15) is 0 Å². The summed E-state index contributed by atoms with van der Waals surface area (Å²) < 4.78 is 17.7. The highest BCUT2D eigenvalue weighted by Crippen LogP contribution is 2.22. The van der Waals surface area contributed by atoms with Gasteiger partial charge in [-0.05, 0) is 39.2 Å². The van der Waals surface area contributed by atoms with E-state index < -0.39 is 11.7 Å². The maximum Gasteiger partial charge on any atom is 0.408 e. The molecule has 0 bridgehead atoms. The normalized spacial score (nSPS) is 20.4. The first-order chi connectivity index (χ1) is 16.9. The number of carbonyl (C=O) groups excluding carboxylic acids is 1. The molecule has 0 radical (unpaired) electrons. The quantitative estimate of drug-likeness (QED) is 0.191. The topological polar surface area (TPSA) is 56.8 Å². The molecule has 198 valence electrons. The number of rotatable bonds is 16. The van der Waals surface area contributed by atoms with E-state index in [9.17, 15) is 4.79 Å². The Morgan fingerprint density at radius 1 is 1.00 bits per heavy atom. The molecule has 1 fully saturated rings. The third-order valence-electron chi connectivity index (χ3n) is 6.23. The molecule has 0 aromatic heterocycles. The first-order valence-electron chi connectivity index (χ1n) is 13.8. The summed E-state index contributed by atoms with van der Waals surface area (Å²) in [6.45, 7) is 8.74. The Balaban J connectivity index is 1.75. The average molecular weight is 488 g/mol. The predicted molar refractivity (Wildman–Crippen MR) is 144 cm³/mol. The van der Waals surface area contributed by atoms with Crippen molar-refractivity contribution in [1.82, 2.24) is 5.32 Å². The van der Waals surface area contributed by atoms with Crippen molar-refractivity contribution in [2.45, 2.75) is 129 Å². The molecule has 2 rings (SSSR count). The number of carbonyl (C=O) groups is 1. The van der Waals surface area contributed by atoms with Gasteiger partial charge in [-0.15, -0.1) is 0 Å². The molecule has 1 heterocycles. The van der Waals surface area contributed by atoms with E-state index in [1.807, 2.05) is 51.1 Å². The van der Waals surface area contributed by atoms with Crippen molar-refractivity contribution >= 4 is 6.09 Å². The highest BCUT2D eigenvalue weighted by molar-refractivity contribution is 5.68. The Morgan fingerprint density at radius 2 is 1.63 bits per heavy atom. The molecule has 1 aliphatic rings. The fourth-order valence-corrected chi connectivity index (χ4v) is 4.34. The minimum Gasteiger partial charge on any atom is -0.444 e. The van der Waals surface area contributed by atoms with Gasteiger partial charge in [-0.25, -0.2) is 4.79 Å². The van der Waals surface area contributed by atoms with Crippen molar-refractivity contribution < 1.29 is 19.0 Å². The van der Waals surface area contributed by atoms with Crippen molar-refractivity contribution in [2.24, 2.45) is 0 Å². The van der Waals surface area contributed by atoms with Crippen molar-refractivity contribution in [3.05, 3.63) is 48.0 Å². The van der Waals surface area contributed by atoms with E-state index in [-0.39, 0.29) is 18.2 Å². The molecule has 0 aliphatic carbocycles. The molecule has 35 heavy (non-hydrogen) atoms. The molecule has 0 saturated carbocycles. The van der Waals surface area contributed by atoms with E-state index in [1.165, 1.54) is 64.2 Å². The van der Waals surface area contributed by atoms with Gasteiger partial charge in [0.1, 0.15) is 17.8 Å². The third-order valence-corrected chi connectivity index (χ3v) is 6.23. The summed E-state index contributed by atoms with van der Waals surface area (Å²) in [4.78, 5) is 12.4. The maximum absolute atomic E-state index is 12.4. The van der Waals surface area contributed by atoms with Gasteiger partial charge in [-0.3, -0.25) is 0 Å². The Morgan fingerprint density at radius 3 is 2.26 bits per heavy atom. The molecule has 1 amide bonds. The number of nitrogens with one attached hydrogen (secondary N) is 1. The number of benzene rings is 1. The lowest BCUT2D eigenvalue weighted by Crippen LogP contribution is -2.47. The van der Waals surface area contributed by atoms with E-state index in [0.29, 0.717) is 13.2 Å². The summed E-state index contributed by atoms with van der Waals surface area (Å²) in [6.07, 6.45) is 17.9. The number of ether oxygens (including phenoxy) is 3. The van der Waals surface area contributed by atoms with Gasteiger partial charge >= 0.3 is 6.09 Å². The van der Waals surface area contributed by atoms with Crippen LogP contribution in [-0.4, -0.2) is 36.6 Å². The number of alkyl carbamates (subject to hydrolysis) is 1. The number of allylic oxidation sites excluding steroid dienone is 1. The van der Waals surface area contributed by atoms with Crippen LogP contribution in [0.2, 0.25) is 0 Å². The van der Waals surface area contributed by atoms with Crippen LogP contribution in [0.5, 0.6) is 0 Å². The summed E-state index contributed by atoms with van der Waals surface area (Å²) in [5.41, 5.74) is 0.557. The van der Waals surface area contributed by atoms with Crippen LogP contribution >= 0.6 is 0 Å². The van der Waals surface area contributed by atoms with Crippen LogP contribution in [0.3, 0.4) is 0 Å². The Bertz CT molecular complexity index is 713. The van der Waals surface area contributed by atoms with Crippen LogP contribution in [0, 0.1) is 0 Å². The van der Waals surface area contributed by atoms with E-state index in [2.05, 4.69) is 24.4 Å². The van der Waals surface area contributed by atoms with Gasteiger partial charge in [0.25, 0.3) is 0 Å². The second kappa shape index (κ2) is 16.8. The second-order valence-electron chi connectivity index (χ2n) is 10.7. The monoisotopic (exact) mass is 487 g/mol. The standard InChI is InChI=1S/C30H49NO4/c1-5-6-7-8-9-10-11-12-13-14-15-19-22-27-28(34-23-25-20-17-16-18-21-25)26(24-33-27)31-29(32)35-30(2,3)4/h16-22,26-28H,5-15,23-24H2,1-4H3,(H,31,32)/b22-19+/t26-,27-,28+/m0/s1. The lowest BCUT2D eigenvalue weighted by atomic mass is 10.0. The van der Waals surface area contributed by atoms with E-state index in [0.717, 1.165) is 12.0 Å². The van der Waals surface area contributed by atoms with Crippen molar-refractivity contribution in [3.63, 3.8) is 0 Å². The summed E-state index contributed by atoms with van der Waals surface area (Å²) in [5, 5.41) is 2.95. The second-order valence-corrected chi connectivity index (χ2v) is 10.7. The SMILES string of the molecule is CCCCCCCCCCCC/C=C/[C@@H]1OC[C@H](NC(=O)OC(C)(C)C)[C@H]1OCc1ccccc1. The van der Waals surface area contributed by atoms with E-state index >= 15 is 0 Å². The molecule has 0 unspecified atom stereocenters. The molecular weight excluding hydrogens is 438 g/mol. The molecule has 5 nitrogen and oxygen atoms in total. The van der Waals surface area contributed by atoms with E-state index in [4.69, 9.17) is 14.2 Å². The third kappa shape index (κ3) is 13.1. The van der Waals surface area contributed by atoms with E-state index in [1.54, 1.807) is 0 Å². The van der Waals surface area contributed by atoms with Crippen LogP contribution in [-0.2, 0) is 20.8 Å². The zero-order valence-electron chi connectivity index (χ0n) is 22.6. The fraction of sp³-hybridized carbons (Fsp3) is 0.700. The van der Waals surface area contributed by atoms with Crippen LogP contribution in [0.15, 0.2) is 42.5 Å². The van der Waals surface area contributed by atoms with Crippen molar-refractivity contribution in [1.29, 1.82) is 0 Å². The number of hydrogen-bond acceptors (Lipinski definition) is 4. The fourth-order valence-electron chi connectivity index (χ4n) is 4.34. The lowest BCUT2D eigenvalue weighted by molar-refractivity contribution is -0.00627. The summed E-state index contributed by atoms with van der Waals surface area (Å²) in [7, 11) is 0. The molecule has 1 aromatic carbocycles. The largest absolute Gasteiger partial charge is 0.444 e. The van der Waals surface area contributed by atoms with Gasteiger partial charge in [0, 0.05) is 0 Å². The molecule has 1 aliphatic heterocycles. The molecular formula is C30H49NO4. The highest BCUT2D eigenvalue weighted by Gasteiger charge is 2.38. The summed E-state index contributed by atoms with van der Waals surface area (Å²) >= 11 is 0. The smallest absolute Gasteiger partial charge is 0.408 e. The van der Waals surface area contributed by atoms with Crippen LogP contribution < -0.4 is 5.32 Å². The predicted octanol–water partition coefficient (Wildman–Crippen LogP) is 7.73. The maximum atomic E-state index is 12.4. The van der Waals surface area contributed by atoms with Gasteiger partial charge in [0.15, 0.2) is 0 Å². The first-order valence-corrected chi connectivity index (χ1v) is 13.8. The summed E-state index contributed by atoms with van der Waals surface area (Å²) in [6, 6.07) is 9.84. The molecule has 1 aromatic rings. The van der Waals surface area contributed by atoms with Gasteiger partial charge < -0.3 is 19.5 Å². The molecule has 1 saturated heterocycles. The van der Waals surface area contributed by atoms with Crippen LogP contribution in [0.1, 0.15) is 104 Å². The molecule has 1 N–H and O–H groups in total. The van der Waals surface area contributed by atoms with Gasteiger partial charge in [-0.1, -0.05) is 107 Å². The number of hydrogen-bond donors (Lipinski definition) is 1. The van der Waals surface area contributed by atoms with Crippen molar-refractivity contribution in [3.8, 4) is 0 Å². The zero-order chi connectivity index (χ0) is 25.4. The van der Waals surface area contributed by atoms with Crippen molar-refractivity contribution in [2.75, 3.05) is 6.61 Å². The minimum atomic E-state index is -0.543. The minimum absolute atomic E-state index is 0.179. The van der Waals surface area contributed by atoms with Gasteiger partial charge in [0.2, 0.25) is 0 Å². The van der Waals surface area contributed by atoms with Crippen LogP contribution in [0.25, 0.3) is 0 Å². The number of unbranched alkanes of at least 4 members (excludes halogenated alkanes) is 10. The molecule has 0 spiro atoms. The Hall–Kier alpha value is -1.85. The first kappa shape index (κ1) is 29.4. The molecule has 3 atom stereocenters. The van der Waals surface area contributed by atoms with Gasteiger partial charge in [0.05, 0.1) is 19.3 Å². The number of amides is 1. The highest BCUT2D eigenvalue weighted by atomic mass is 16.6. The average Bonchev–Trinajstić information content (AvgIpc) is 3.18. The molecule has 5 heteroatoms. The Kier molecular flexibility index (Phi) is 14.1. The Labute approximate surface area is 214 Å².